The maximum absolute atomic E-state index is 12.7. The van der Waals surface area contributed by atoms with Crippen molar-refractivity contribution < 1.29 is 9.59 Å². The number of carbonyl (C=O) groups is 2. The molecule has 130 valence electrons. The molecule has 0 atom stereocenters. The van der Waals surface area contributed by atoms with Gasteiger partial charge in [0.2, 0.25) is 0 Å². The van der Waals surface area contributed by atoms with Crippen LogP contribution in [0.1, 0.15) is 53.3 Å². The summed E-state index contributed by atoms with van der Waals surface area (Å²) in [6.45, 7) is 2.26. The lowest BCUT2D eigenvalue weighted by Gasteiger charge is -2.27. The van der Waals surface area contributed by atoms with Gasteiger partial charge in [0.1, 0.15) is 0 Å². The van der Waals surface area contributed by atoms with Gasteiger partial charge in [0.15, 0.2) is 0 Å². The topological polar surface area (TPSA) is 58.2 Å². The van der Waals surface area contributed by atoms with Crippen molar-refractivity contribution in [3.63, 3.8) is 0 Å². The summed E-state index contributed by atoms with van der Waals surface area (Å²) in [5.41, 5.74) is 1.61. The monoisotopic (exact) mass is 336 g/mol. The SMILES string of the molecule is CC1CCC(NC(=O)c2ccccc2NC(=O)c2ccccc2)CC1. The first-order valence-corrected chi connectivity index (χ1v) is 8.90. The third kappa shape index (κ3) is 4.47. The predicted octanol–water partition coefficient (Wildman–Crippen LogP) is 4.25. The summed E-state index contributed by atoms with van der Waals surface area (Å²) >= 11 is 0. The zero-order valence-corrected chi connectivity index (χ0v) is 14.5. The third-order valence-corrected chi connectivity index (χ3v) is 4.81. The average Bonchev–Trinajstić information content (AvgIpc) is 2.64. The summed E-state index contributed by atoms with van der Waals surface area (Å²) in [6, 6.07) is 16.4. The molecule has 0 heterocycles. The number of hydrogen-bond acceptors (Lipinski definition) is 2. The maximum Gasteiger partial charge on any atom is 0.255 e. The van der Waals surface area contributed by atoms with Crippen LogP contribution in [0.4, 0.5) is 5.69 Å². The number of carbonyl (C=O) groups excluding carboxylic acids is 2. The molecule has 0 radical (unpaired) electrons. The van der Waals surface area contributed by atoms with Crippen LogP contribution in [0.15, 0.2) is 54.6 Å². The fourth-order valence-corrected chi connectivity index (χ4v) is 3.24. The highest BCUT2D eigenvalue weighted by Gasteiger charge is 2.21. The summed E-state index contributed by atoms with van der Waals surface area (Å²) < 4.78 is 0. The van der Waals surface area contributed by atoms with Crippen molar-refractivity contribution in [3.05, 3.63) is 65.7 Å². The van der Waals surface area contributed by atoms with Crippen LogP contribution >= 0.6 is 0 Å². The Labute approximate surface area is 148 Å². The van der Waals surface area contributed by atoms with Crippen LogP contribution in [0.5, 0.6) is 0 Å². The van der Waals surface area contributed by atoms with Crippen LogP contribution < -0.4 is 10.6 Å². The van der Waals surface area contributed by atoms with Gasteiger partial charge in [0.25, 0.3) is 11.8 Å². The molecule has 0 unspecified atom stereocenters. The lowest BCUT2D eigenvalue weighted by atomic mass is 9.87. The highest BCUT2D eigenvalue weighted by Crippen LogP contribution is 2.24. The molecule has 0 spiro atoms. The summed E-state index contributed by atoms with van der Waals surface area (Å²) in [6.07, 6.45) is 4.34. The van der Waals surface area contributed by atoms with E-state index in [4.69, 9.17) is 0 Å². The maximum atomic E-state index is 12.7. The Morgan fingerprint density at radius 2 is 1.48 bits per heavy atom. The van der Waals surface area contributed by atoms with Crippen molar-refractivity contribution in [2.75, 3.05) is 5.32 Å². The van der Waals surface area contributed by atoms with E-state index < -0.39 is 0 Å². The highest BCUT2D eigenvalue weighted by atomic mass is 16.2. The minimum Gasteiger partial charge on any atom is -0.349 e. The van der Waals surface area contributed by atoms with Crippen molar-refractivity contribution in [1.29, 1.82) is 0 Å². The molecule has 1 saturated carbocycles. The Morgan fingerprint density at radius 3 is 2.20 bits per heavy atom. The van der Waals surface area contributed by atoms with E-state index in [-0.39, 0.29) is 17.9 Å². The number of para-hydroxylation sites is 1. The smallest absolute Gasteiger partial charge is 0.255 e. The molecule has 0 aliphatic heterocycles. The van der Waals surface area contributed by atoms with E-state index in [2.05, 4.69) is 17.6 Å². The number of benzene rings is 2. The minimum atomic E-state index is -0.215. The molecular weight excluding hydrogens is 312 g/mol. The van der Waals surface area contributed by atoms with Crippen LogP contribution in [0.25, 0.3) is 0 Å². The Bertz CT molecular complexity index is 735. The molecule has 0 aromatic heterocycles. The predicted molar refractivity (Wildman–Crippen MR) is 99.7 cm³/mol. The zero-order chi connectivity index (χ0) is 17.6. The van der Waals surface area contributed by atoms with E-state index in [1.54, 1.807) is 24.3 Å². The van der Waals surface area contributed by atoms with Crippen LogP contribution in [0.2, 0.25) is 0 Å². The molecule has 2 N–H and O–H groups in total. The molecule has 0 bridgehead atoms. The van der Waals surface area contributed by atoms with Crippen molar-refractivity contribution in [3.8, 4) is 0 Å². The van der Waals surface area contributed by atoms with Gasteiger partial charge in [-0.05, 0) is 55.9 Å². The van der Waals surface area contributed by atoms with Crippen LogP contribution in [-0.2, 0) is 0 Å². The van der Waals surface area contributed by atoms with E-state index in [1.807, 2.05) is 30.3 Å². The van der Waals surface area contributed by atoms with E-state index in [9.17, 15) is 9.59 Å². The Hall–Kier alpha value is -2.62. The van der Waals surface area contributed by atoms with Gasteiger partial charge in [-0.2, -0.15) is 0 Å². The van der Waals surface area contributed by atoms with Gasteiger partial charge >= 0.3 is 0 Å². The Balaban J connectivity index is 1.70. The second kappa shape index (κ2) is 7.97. The van der Waals surface area contributed by atoms with Gasteiger partial charge in [-0.3, -0.25) is 9.59 Å². The molecule has 0 saturated heterocycles. The molecule has 1 aliphatic carbocycles. The first-order valence-electron chi connectivity index (χ1n) is 8.90. The summed E-state index contributed by atoms with van der Waals surface area (Å²) in [7, 11) is 0. The van der Waals surface area contributed by atoms with Gasteiger partial charge < -0.3 is 10.6 Å². The second-order valence-corrected chi connectivity index (χ2v) is 6.80. The molecule has 25 heavy (non-hydrogen) atoms. The highest BCUT2D eigenvalue weighted by molar-refractivity contribution is 6.09. The quantitative estimate of drug-likeness (QED) is 0.877. The van der Waals surface area contributed by atoms with Gasteiger partial charge in [-0.25, -0.2) is 0 Å². The van der Waals surface area contributed by atoms with Crippen molar-refractivity contribution in [2.45, 2.75) is 38.6 Å². The van der Waals surface area contributed by atoms with Gasteiger partial charge in [-0.1, -0.05) is 37.3 Å². The average molecular weight is 336 g/mol. The number of rotatable bonds is 4. The van der Waals surface area contributed by atoms with Crippen molar-refractivity contribution >= 4 is 17.5 Å². The Kier molecular flexibility index (Phi) is 5.49. The molecule has 4 heteroatoms. The first kappa shape index (κ1) is 17.2. The van der Waals surface area contributed by atoms with E-state index in [1.165, 1.54) is 0 Å². The first-order chi connectivity index (χ1) is 12.1. The molecule has 2 aromatic rings. The van der Waals surface area contributed by atoms with Crippen LogP contribution in [0, 0.1) is 5.92 Å². The fourth-order valence-electron chi connectivity index (χ4n) is 3.24. The molecule has 2 amide bonds. The molecule has 3 rings (SSSR count). The molecule has 2 aromatic carbocycles. The number of amides is 2. The third-order valence-electron chi connectivity index (χ3n) is 4.81. The summed E-state index contributed by atoms with van der Waals surface area (Å²) in [4.78, 5) is 25.0. The molecule has 1 aliphatic rings. The summed E-state index contributed by atoms with van der Waals surface area (Å²) in [5, 5.41) is 5.97. The second-order valence-electron chi connectivity index (χ2n) is 6.80. The fraction of sp³-hybridized carbons (Fsp3) is 0.333. The number of hydrogen-bond donors (Lipinski definition) is 2. The van der Waals surface area contributed by atoms with E-state index in [0.29, 0.717) is 16.8 Å². The van der Waals surface area contributed by atoms with Crippen LogP contribution in [-0.4, -0.2) is 17.9 Å². The minimum absolute atomic E-state index is 0.122. The Morgan fingerprint density at radius 1 is 0.840 bits per heavy atom. The van der Waals surface area contributed by atoms with E-state index >= 15 is 0 Å². The summed E-state index contributed by atoms with van der Waals surface area (Å²) in [5.74, 6) is 0.404. The normalized spacial score (nSPS) is 19.9. The molecule has 1 fully saturated rings. The van der Waals surface area contributed by atoms with Crippen molar-refractivity contribution in [1.82, 2.24) is 5.32 Å². The van der Waals surface area contributed by atoms with Gasteiger partial charge in [0.05, 0.1) is 11.3 Å². The number of anilines is 1. The van der Waals surface area contributed by atoms with Crippen molar-refractivity contribution in [2.24, 2.45) is 5.92 Å². The largest absolute Gasteiger partial charge is 0.349 e. The lowest BCUT2D eigenvalue weighted by molar-refractivity contribution is 0.0924. The molecule has 4 nitrogen and oxygen atoms in total. The van der Waals surface area contributed by atoms with Gasteiger partial charge in [0, 0.05) is 11.6 Å². The van der Waals surface area contributed by atoms with Gasteiger partial charge in [-0.15, -0.1) is 0 Å². The van der Waals surface area contributed by atoms with Crippen LogP contribution in [0.3, 0.4) is 0 Å². The standard InChI is InChI=1S/C21H24N2O2/c1-15-11-13-17(14-12-15)22-21(25)18-9-5-6-10-19(18)23-20(24)16-7-3-2-4-8-16/h2-10,15,17H,11-14H2,1H3,(H,22,25)(H,23,24). The van der Waals surface area contributed by atoms with E-state index in [0.717, 1.165) is 31.6 Å². The zero-order valence-electron chi connectivity index (χ0n) is 14.5. The number of nitrogens with one attached hydrogen (secondary N) is 2. The lowest BCUT2D eigenvalue weighted by Crippen LogP contribution is -2.37. The molecular formula is C21H24N2O2.